The molecule has 0 radical (unpaired) electrons. The largest absolute Gasteiger partial charge is 0.755 e. The number of hydrogen-bond donors (Lipinski definition) is 1. The van der Waals surface area contributed by atoms with Crippen LogP contribution in [-0.4, -0.2) is 19.8 Å². The topological polar surface area (TPSA) is 80.7 Å². The minimum atomic E-state index is -2.59. The van der Waals surface area contributed by atoms with Crippen molar-refractivity contribution >= 4 is 22.9 Å². The lowest BCUT2D eigenvalue weighted by Gasteiger charge is -2.34. The molecule has 2 unspecified atom stereocenters. The first-order valence-electron chi connectivity index (χ1n) is 6.71. The van der Waals surface area contributed by atoms with Crippen molar-refractivity contribution in [3.8, 4) is 0 Å². The summed E-state index contributed by atoms with van der Waals surface area (Å²) >= 11 is -2.59. The SMILES string of the molecule is Cc1ccc(N(C(CC(=O)O)c2ccccc2)S(=O)[O-])cc1. The molecule has 0 spiro atoms. The fourth-order valence-electron chi connectivity index (χ4n) is 2.24. The van der Waals surface area contributed by atoms with Crippen molar-refractivity contribution in [3.63, 3.8) is 0 Å². The Morgan fingerprint density at radius 1 is 1.18 bits per heavy atom. The van der Waals surface area contributed by atoms with Gasteiger partial charge in [-0.1, -0.05) is 48.0 Å². The second kappa shape index (κ2) is 7.20. The Balaban J connectivity index is 2.47. The van der Waals surface area contributed by atoms with E-state index in [-0.39, 0.29) is 6.42 Å². The van der Waals surface area contributed by atoms with Crippen molar-refractivity contribution in [2.45, 2.75) is 19.4 Å². The van der Waals surface area contributed by atoms with Crippen LogP contribution in [0, 0.1) is 6.92 Å². The third kappa shape index (κ3) is 3.93. The minimum Gasteiger partial charge on any atom is -0.755 e. The van der Waals surface area contributed by atoms with Crippen LogP contribution in [0.15, 0.2) is 54.6 Å². The van der Waals surface area contributed by atoms with Gasteiger partial charge in [-0.3, -0.25) is 13.3 Å². The Morgan fingerprint density at radius 2 is 1.77 bits per heavy atom. The zero-order chi connectivity index (χ0) is 16.1. The molecule has 0 aliphatic rings. The predicted octanol–water partition coefficient (Wildman–Crippen LogP) is 2.81. The summed E-state index contributed by atoms with van der Waals surface area (Å²) in [5.41, 5.74) is 2.07. The first kappa shape index (κ1) is 16.2. The molecule has 2 aromatic rings. The molecule has 5 nitrogen and oxygen atoms in total. The molecule has 0 aromatic heterocycles. The number of hydrogen-bond acceptors (Lipinski definition) is 3. The maximum absolute atomic E-state index is 11.7. The summed E-state index contributed by atoms with van der Waals surface area (Å²) < 4.78 is 24.5. The molecule has 2 atom stereocenters. The molecule has 6 heteroatoms. The van der Waals surface area contributed by atoms with E-state index in [2.05, 4.69) is 0 Å². The number of nitrogens with zero attached hydrogens (tertiary/aromatic N) is 1. The highest BCUT2D eigenvalue weighted by molar-refractivity contribution is 7.80. The van der Waals surface area contributed by atoms with Crippen LogP contribution in [0.3, 0.4) is 0 Å². The van der Waals surface area contributed by atoms with Crippen LogP contribution in [0.4, 0.5) is 5.69 Å². The average Bonchev–Trinajstić information content (AvgIpc) is 2.49. The summed E-state index contributed by atoms with van der Waals surface area (Å²) in [7, 11) is 0. The molecule has 0 saturated heterocycles. The smallest absolute Gasteiger partial charge is 0.305 e. The van der Waals surface area contributed by atoms with E-state index in [1.807, 2.05) is 6.92 Å². The number of carboxylic acid groups (broad SMARTS) is 1. The van der Waals surface area contributed by atoms with Gasteiger partial charge in [0.1, 0.15) is 0 Å². The van der Waals surface area contributed by atoms with Crippen molar-refractivity contribution in [3.05, 3.63) is 65.7 Å². The molecule has 116 valence electrons. The van der Waals surface area contributed by atoms with Gasteiger partial charge < -0.3 is 9.66 Å². The fourth-order valence-corrected chi connectivity index (χ4v) is 2.94. The van der Waals surface area contributed by atoms with Crippen molar-refractivity contribution < 1.29 is 18.7 Å². The maximum Gasteiger partial charge on any atom is 0.305 e. The van der Waals surface area contributed by atoms with Gasteiger partial charge in [-0.2, -0.15) is 0 Å². The van der Waals surface area contributed by atoms with Gasteiger partial charge in [0.25, 0.3) is 0 Å². The molecule has 0 bridgehead atoms. The number of carbonyl (C=O) groups is 1. The number of anilines is 1. The Bertz CT molecular complexity index is 658. The summed E-state index contributed by atoms with van der Waals surface area (Å²) in [6.07, 6.45) is -0.314. The van der Waals surface area contributed by atoms with Gasteiger partial charge in [0.2, 0.25) is 0 Å². The van der Waals surface area contributed by atoms with Crippen LogP contribution in [0.25, 0.3) is 0 Å². The Labute approximate surface area is 131 Å². The van der Waals surface area contributed by atoms with Gasteiger partial charge in [0, 0.05) is 17.0 Å². The van der Waals surface area contributed by atoms with Crippen molar-refractivity contribution in [1.29, 1.82) is 0 Å². The molecule has 22 heavy (non-hydrogen) atoms. The number of rotatable bonds is 6. The lowest BCUT2D eigenvalue weighted by Crippen LogP contribution is -2.32. The van der Waals surface area contributed by atoms with E-state index in [4.69, 9.17) is 5.11 Å². The second-order valence-corrected chi connectivity index (χ2v) is 5.73. The summed E-state index contributed by atoms with van der Waals surface area (Å²) in [5, 5.41) is 9.14. The first-order valence-corrected chi connectivity index (χ1v) is 7.74. The molecule has 0 saturated carbocycles. The molecule has 2 aromatic carbocycles. The molecule has 0 amide bonds. The lowest BCUT2D eigenvalue weighted by atomic mass is 10.0. The lowest BCUT2D eigenvalue weighted by molar-refractivity contribution is -0.137. The Kier molecular flexibility index (Phi) is 5.30. The third-order valence-electron chi connectivity index (χ3n) is 3.28. The molecular formula is C16H16NO4S-. The van der Waals surface area contributed by atoms with Gasteiger partial charge in [-0.25, -0.2) is 0 Å². The van der Waals surface area contributed by atoms with E-state index in [9.17, 15) is 13.6 Å². The molecule has 0 aliphatic heterocycles. The van der Waals surface area contributed by atoms with Gasteiger partial charge in [-0.15, -0.1) is 0 Å². The zero-order valence-electron chi connectivity index (χ0n) is 12.0. The number of aliphatic carboxylic acids is 1. The summed E-state index contributed by atoms with van der Waals surface area (Å²) in [5.74, 6) is -1.06. The first-order chi connectivity index (χ1) is 10.5. The van der Waals surface area contributed by atoms with Crippen LogP contribution < -0.4 is 4.31 Å². The van der Waals surface area contributed by atoms with E-state index >= 15 is 0 Å². The van der Waals surface area contributed by atoms with Crippen molar-refractivity contribution in [2.24, 2.45) is 0 Å². The van der Waals surface area contributed by atoms with E-state index in [1.54, 1.807) is 54.6 Å². The number of benzene rings is 2. The van der Waals surface area contributed by atoms with Crippen LogP contribution in [-0.2, 0) is 16.1 Å². The van der Waals surface area contributed by atoms with Gasteiger partial charge in [0.05, 0.1) is 12.5 Å². The molecule has 1 N–H and O–H groups in total. The Morgan fingerprint density at radius 3 is 2.27 bits per heavy atom. The van der Waals surface area contributed by atoms with Crippen LogP contribution in [0.1, 0.15) is 23.6 Å². The van der Waals surface area contributed by atoms with E-state index < -0.39 is 23.3 Å². The van der Waals surface area contributed by atoms with Gasteiger partial charge >= 0.3 is 5.97 Å². The maximum atomic E-state index is 11.7. The third-order valence-corrected chi connectivity index (χ3v) is 4.07. The standard InChI is InChI=1S/C16H17NO4S/c1-12-7-9-14(10-8-12)17(22(20)21)15(11-16(18)19)13-5-3-2-4-6-13/h2-10,15H,11H2,1H3,(H,18,19)(H,20,21)/p-1. The van der Waals surface area contributed by atoms with Gasteiger partial charge in [-0.05, 0) is 24.6 Å². The molecule has 0 heterocycles. The molecular weight excluding hydrogens is 302 g/mol. The average molecular weight is 318 g/mol. The van der Waals surface area contributed by atoms with Gasteiger partial charge in [0.15, 0.2) is 0 Å². The Hall–Kier alpha value is -2.18. The number of carboxylic acids is 1. The predicted molar refractivity (Wildman–Crippen MR) is 84.0 cm³/mol. The normalized spacial score (nSPS) is 13.4. The fraction of sp³-hybridized carbons (Fsp3) is 0.188. The van der Waals surface area contributed by atoms with Crippen molar-refractivity contribution in [1.82, 2.24) is 0 Å². The minimum absolute atomic E-state index is 0.314. The molecule has 0 aliphatic carbocycles. The zero-order valence-corrected chi connectivity index (χ0v) is 12.8. The summed E-state index contributed by atoms with van der Waals surface area (Å²) in [6, 6.07) is 14.9. The molecule has 2 rings (SSSR count). The van der Waals surface area contributed by atoms with E-state index in [0.717, 1.165) is 9.87 Å². The quantitative estimate of drug-likeness (QED) is 0.830. The molecule has 0 fully saturated rings. The second-order valence-electron chi connectivity index (χ2n) is 4.90. The van der Waals surface area contributed by atoms with Crippen LogP contribution >= 0.6 is 0 Å². The highest BCUT2D eigenvalue weighted by Crippen LogP contribution is 2.31. The summed E-state index contributed by atoms with van der Waals surface area (Å²) in [4.78, 5) is 11.2. The van der Waals surface area contributed by atoms with E-state index in [1.165, 1.54) is 0 Å². The number of aryl methyl sites for hydroxylation is 1. The van der Waals surface area contributed by atoms with Crippen LogP contribution in [0.5, 0.6) is 0 Å². The van der Waals surface area contributed by atoms with E-state index in [0.29, 0.717) is 11.3 Å². The highest BCUT2D eigenvalue weighted by atomic mass is 32.2. The van der Waals surface area contributed by atoms with Crippen molar-refractivity contribution in [2.75, 3.05) is 4.31 Å². The van der Waals surface area contributed by atoms with Crippen LogP contribution in [0.2, 0.25) is 0 Å². The summed E-state index contributed by atoms with van der Waals surface area (Å²) in [6.45, 7) is 1.90. The monoisotopic (exact) mass is 318 g/mol. The highest BCUT2D eigenvalue weighted by Gasteiger charge is 2.24.